The Labute approximate surface area is 177 Å². The van der Waals surface area contributed by atoms with Crippen molar-refractivity contribution >= 4 is 33.4 Å². The largest absolute Gasteiger partial charge is 0.348 e. The highest BCUT2D eigenvalue weighted by Crippen LogP contribution is 2.36. The average Bonchev–Trinajstić information content (AvgIpc) is 2.69. The van der Waals surface area contributed by atoms with E-state index in [1.165, 1.54) is 24.3 Å². The molecule has 3 aromatic carbocycles. The minimum Gasteiger partial charge on any atom is -0.348 e. The molecule has 3 aromatic rings. The number of halogens is 2. The maximum Gasteiger partial charge on any atom is 0.251 e. The average molecular weight is 449 g/mol. The van der Waals surface area contributed by atoms with E-state index in [2.05, 4.69) is 10.0 Å². The van der Waals surface area contributed by atoms with Crippen molar-refractivity contribution in [3.8, 4) is 0 Å². The summed E-state index contributed by atoms with van der Waals surface area (Å²) in [6.07, 6.45) is 0.987. The lowest BCUT2D eigenvalue weighted by Gasteiger charge is -2.13. The predicted molar refractivity (Wildman–Crippen MR) is 113 cm³/mol. The molecule has 1 amide bonds. The van der Waals surface area contributed by atoms with Crippen LogP contribution in [0.3, 0.4) is 0 Å². The van der Waals surface area contributed by atoms with Crippen LogP contribution in [-0.4, -0.2) is 20.6 Å². The van der Waals surface area contributed by atoms with Gasteiger partial charge in [-0.1, -0.05) is 42.1 Å². The highest BCUT2D eigenvalue weighted by Gasteiger charge is 2.15. The van der Waals surface area contributed by atoms with Crippen LogP contribution in [0.25, 0.3) is 0 Å². The van der Waals surface area contributed by atoms with E-state index in [0.29, 0.717) is 11.4 Å². The van der Waals surface area contributed by atoms with Crippen LogP contribution in [0.2, 0.25) is 0 Å². The molecule has 156 valence electrons. The molecule has 0 fully saturated rings. The van der Waals surface area contributed by atoms with Gasteiger partial charge in [-0.2, -0.15) is 0 Å². The van der Waals surface area contributed by atoms with Gasteiger partial charge in [-0.25, -0.2) is 17.2 Å². The molecule has 0 radical (unpaired) electrons. The van der Waals surface area contributed by atoms with E-state index in [0.717, 1.165) is 35.7 Å². The Kier molecular flexibility index (Phi) is 6.73. The summed E-state index contributed by atoms with van der Waals surface area (Å²) in [5.74, 6) is -1.88. The van der Waals surface area contributed by atoms with Gasteiger partial charge in [0, 0.05) is 28.0 Å². The van der Waals surface area contributed by atoms with E-state index in [9.17, 15) is 22.0 Å². The topological polar surface area (TPSA) is 75.3 Å². The number of carbonyl (C=O) groups is 1. The Morgan fingerprint density at radius 2 is 1.70 bits per heavy atom. The van der Waals surface area contributed by atoms with E-state index in [-0.39, 0.29) is 22.1 Å². The summed E-state index contributed by atoms with van der Waals surface area (Å²) in [7, 11) is -3.61. The number of carbonyl (C=O) groups excluding carboxylic acids is 1. The molecule has 0 bridgehead atoms. The number of anilines is 1. The summed E-state index contributed by atoms with van der Waals surface area (Å²) in [5.41, 5.74) is 1.38. The molecule has 0 saturated heterocycles. The molecule has 0 heterocycles. The van der Waals surface area contributed by atoms with Crippen molar-refractivity contribution in [2.45, 2.75) is 16.3 Å². The number of hydrogen-bond acceptors (Lipinski definition) is 4. The van der Waals surface area contributed by atoms with E-state index in [1.807, 2.05) is 30.3 Å². The quantitative estimate of drug-likeness (QED) is 0.561. The molecular weight excluding hydrogens is 430 g/mol. The SMILES string of the molecule is CS(=O)(=O)Nc1ccc(C(=O)NCc2ccccc2)cc1Sc1ccc(F)cc1F. The van der Waals surface area contributed by atoms with Gasteiger partial charge in [0.15, 0.2) is 0 Å². The fourth-order valence-electron chi connectivity index (χ4n) is 2.59. The third kappa shape index (κ3) is 6.04. The zero-order chi connectivity index (χ0) is 21.7. The second kappa shape index (κ2) is 9.27. The van der Waals surface area contributed by atoms with Crippen LogP contribution >= 0.6 is 11.8 Å². The lowest BCUT2D eigenvalue weighted by atomic mass is 10.2. The highest BCUT2D eigenvalue weighted by molar-refractivity contribution is 7.99. The molecular formula is C21H18F2N2O3S2. The number of rotatable bonds is 7. The van der Waals surface area contributed by atoms with E-state index >= 15 is 0 Å². The van der Waals surface area contributed by atoms with Crippen molar-refractivity contribution < 1.29 is 22.0 Å². The molecule has 0 aliphatic carbocycles. The minimum atomic E-state index is -3.61. The highest BCUT2D eigenvalue weighted by atomic mass is 32.2. The minimum absolute atomic E-state index is 0.0924. The molecule has 0 unspecified atom stereocenters. The molecule has 5 nitrogen and oxygen atoms in total. The first-order chi connectivity index (χ1) is 14.2. The van der Waals surface area contributed by atoms with Gasteiger partial charge in [0.1, 0.15) is 11.6 Å². The third-order valence-corrected chi connectivity index (χ3v) is 5.65. The first-order valence-electron chi connectivity index (χ1n) is 8.78. The molecule has 30 heavy (non-hydrogen) atoms. The first kappa shape index (κ1) is 21.8. The fourth-order valence-corrected chi connectivity index (χ4v) is 4.18. The third-order valence-electron chi connectivity index (χ3n) is 3.95. The molecule has 0 saturated carbocycles. The predicted octanol–water partition coefficient (Wildman–Crippen LogP) is 4.42. The van der Waals surface area contributed by atoms with Crippen LogP contribution in [0, 0.1) is 11.6 Å². The molecule has 0 aromatic heterocycles. The van der Waals surface area contributed by atoms with Gasteiger partial charge in [0.2, 0.25) is 10.0 Å². The lowest BCUT2D eigenvalue weighted by molar-refractivity contribution is 0.0950. The Morgan fingerprint density at radius 3 is 2.37 bits per heavy atom. The van der Waals surface area contributed by atoms with Gasteiger partial charge in [-0.05, 0) is 35.9 Å². The van der Waals surface area contributed by atoms with Crippen molar-refractivity contribution in [3.63, 3.8) is 0 Å². The van der Waals surface area contributed by atoms with Crippen molar-refractivity contribution in [1.82, 2.24) is 5.32 Å². The lowest BCUT2D eigenvalue weighted by Crippen LogP contribution is -2.23. The Balaban J connectivity index is 1.88. The van der Waals surface area contributed by atoms with Crippen molar-refractivity contribution in [1.29, 1.82) is 0 Å². The van der Waals surface area contributed by atoms with Gasteiger partial charge in [0.25, 0.3) is 5.91 Å². The first-order valence-corrected chi connectivity index (χ1v) is 11.5. The van der Waals surface area contributed by atoms with Crippen LogP contribution in [0.4, 0.5) is 14.5 Å². The van der Waals surface area contributed by atoms with E-state index in [4.69, 9.17) is 0 Å². The fraction of sp³-hybridized carbons (Fsp3) is 0.0952. The summed E-state index contributed by atoms with van der Waals surface area (Å²) >= 11 is 0.888. The standard InChI is InChI=1S/C21H18F2N2O3S2/c1-30(27,28)25-18-9-7-15(21(26)24-13-14-5-3-2-4-6-14)11-20(18)29-19-10-8-16(22)12-17(19)23/h2-12,25H,13H2,1H3,(H,24,26). The van der Waals surface area contributed by atoms with Crippen molar-refractivity contribution in [2.75, 3.05) is 11.0 Å². The molecule has 9 heteroatoms. The maximum absolute atomic E-state index is 14.1. The molecule has 0 aliphatic heterocycles. The van der Waals surface area contributed by atoms with Gasteiger partial charge in [0.05, 0.1) is 11.9 Å². The normalized spacial score (nSPS) is 11.2. The van der Waals surface area contributed by atoms with Gasteiger partial charge >= 0.3 is 0 Å². The number of amides is 1. The number of benzene rings is 3. The second-order valence-corrected chi connectivity index (χ2v) is 9.26. The van der Waals surface area contributed by atoms with Crippen LogP contribution < -0.4 is 10.0 Å². The summed E-state index contributed by atoms with van der Waals surface area (Å²) in [4.78, 5) is 12.9. The Bertz CT molecular complexity index is 1170. The Hall–Kier alpha value is -2.91. The van der Waals surface area contributed by atoms with E-state index in [1.54, 1.807) is 0 Å². The zero-order valence-electron chi connectivity index (χ0n) is 15.9. The monoisotopic (exact) mass is 448 g/mol. The van der Waals surface area contributed by atoms with E-state index < -0.39 is 21.7 Å². The number of sulfonamides is 1. The zero-order valence-corrected chi connectivity index (χ0v) is 17.5. The van der Waals surface area contributed by atoms with Crippen LogP contribution in [0.1, 0.15) is 15.9 Å². The van der Waals surface area contributed by atoms with Gasteiger partial charge in [-0.15, -0.1) is 0 Å². The van der Waals surface area contributed by atoms with Gasteiger partial charge in [-0.3, -0.25) is 9.52 Å². The molecule has 0 atom stereocenters. The van der Waals surface area contributed by atoms with Crippen LogP contribution in [0.15, 0.2) is 76.5 Å². The summed E-state index contributed by atoms with van der Waals surface area (Å²) in [6, 6.07) is 16.8. The summed E-state index contributed by atoms with van der Waals surface area (Å²) < 4.78 is 53.0. The summed E-state index contributed by atoms with van der Waals surface area (Å²) in [5, 5.41) is 2.78. The van der Waals surface area contributed by atoms with Crippen LogP contribution in [-0.2, 0) is 16.6 Å². The molecule has 3 rings (SSSR count). The van der Waals surface area contributed by atoms with Crippen molar-refractivity contribution in [2.24, 2.45) is 0 Å². The van der Waals surface area contributed by atoms with Gasteiger partial charge < -0.3 is 5.32 Å². The second-order valence-electron chi connectivity index (χ2n) is 6.43. The van der Waals surface area contributed by atoms with Crippen LogP contribution in [0.5, 0.6) is 0 Å². The molecule has 2 N–H and O–H groups in total. The maximum atomic E-state index is 14.1. The smallest absolute Gasteiger partial charge is 0.251 e. The molecule has 0 spiro atoms. The number of nitrogens with one attached hydrogen (secondary N) is 2. The molecule has 0 aliphatic rings. The van der Waals surface area contributed by atoms with Crippen molar-refractivity contribution in [3.05, 3.63) is 89.5 Å². The Morgan fingerprint density at radius 1 is 0.967 bits per heavy atom. The number of hydrogen-bond donors (Lipinski definition) is 2. The summed E-state index contributed by atoms with van der Waals surface area (Å²) in [6.45, 7) is 0.318.